The van der Waals surface area contributed by atoms with Crippen molar-refractivity contribution in [3.63, 3.8) is 0 Å². The summed E-state index contributed by atoms with van der Waals surface area (Å²) >= 11 is 0. The zero-order valence-electron chi connectivity index (χ0n) is 15.6. The highest BCUT2D eigenvalue weighted by molar-refractivity contribution is 5.67. The highest BCUT2D eigenvalue weighted by Gasteiger charge is 2.85. The molecule has 2 aliphatic heterocycles. The lowest BCUT2D eigenvalue weighted by Gasteiger charge is -2.58. The Morgan fingerprint density at radius 2 is 2.04 bits per heavy atom. The third-order valence-electron chi connectivity index (χ3n) is 7.08. The van der Waals surface area contributed by atoms with Crippen molar-refractivity contribution in [2.24, 2.45) is 10.8 Å². The van der Waals surface area contributed by atoms with Gasteiger partial charge in [-0.15, -0.1) is 0 Å². The van der Waals surface area contributed by atoms with Crippen LogP contribution in [0, 0.1) is 10.8 Å². The maximum absolute atomic E-state index is 11.8. The average Bonchev–Trinajstić information content (AvgIpc) is 3.34. The predicted molar refractivity (Wildman–Crippen MR) is 89.1 cm³/mol. The number of carbonyl (C=O) groups excluding carboxylic acids is 2. The molecule has 5 unspecified atom stereocenters. The first-order valence-corrected chi connectivity index (χ1v) is 9.13. The number of ether oxygens (including phenoxy) is 4. The highest BCUT2D eigenvalue weighted by atomic mass is 16.7. The fourth-order valence-electron chi connectivity index (χ4n) is 5.60. The zero-order chi connectivity index (χ0) is 18.9. The van der Waals surface area contributed by atoms with Gasteiger partial charge in [0.1, 0.15) is 30.5 Å². The van der Waals surface area contributed by atoms with Crippen LogP contribution in [0.3, 0.4) is 0 Å². The summed E-state index contributed by atoms with van der Waals surface area (Å²) in [5.74, 6) is -0.830. The molecule has 1 spiro atoms. The van der Waals surface area contributed by atoms with Gasteiger partial charge in [-0.2, -0.15) is 0 Å². The molecule has 2 aliphatic carbocycles. The molecule has 2 saturated heterocycles. The lowest BCUT2D eigenvalue weighted by atomic mass is 9.51. The quantitative estimate of drug-likeness (QED) is 0.454. The van der Waals surface area contributed by atoms with Crippen molar-refractivity contribution in [1.82, 2.24) is 0 Å². The Balaban J connectivity index is 1.86. The third kappa shape index (κ3) is 2.05. The second-order valence-corrected chi connectivity index (χ2v) is 8.33. The van der Waals surface area contributed by atoms with E-state index in [1.807, 2.05) is 13.8 Å². The van der Waals surface area contributed by atoms with E-state index in [1.165, 1.54) is 19.4 Å². The molecule has 2 heterocycles. The smallest absolute Gasteiger partial charge is 0.303 e. The van der Waals surface area contributed by atoms with Gasteiger partial charge in [0, 0.05) is 19.3 Å². The first kappa shape index (κ1) is 17.9. The van der Waals surface area contributed by atoms with Crippen LogP contribution in [0.2, 0.25) is 0 Å². The van der Waals surface area contributed by atoms with Crippen LogP contribution in [0.4, 0.5) is 0 Å². The molecule has 4 aliphatic rings. The Labute approximate surface area is 152 Å². The summed E-state index contributed by atoms with van der Waals surface area (Å²) in [5.41, 5.74) is -0.890. The van der Waals surface area contributed by atoms with Crippen LogP contribution in [0.15, 0.2) is 11.6 Å². The van der Waals surface area contributed by atoms with Crippen molar-refractivity contribution in [2.75, 3.05) is 13.2 Å². The van der Waals surface area contributed by atoms with Crippen molar-refractivity contribution in [2.45, 2.75) is 70.6 Å². The lowest BCUT2D eigenvalue weighted by molar-refractivity contribution is -0.233. The number of hydrogen-bond donors (Lipinski definition) is 1. The summed E-state index contributed by atoms with van der Waals surface area (Å²) in [7, 11) is 0. The number of rotatable bonds is 3. The molecule has 1 saturated carbocycles. The van der Waals surface area contributed by atoms with Crippen LogP contribution >= 0.6 is 0 Å². The van der Waals surface area contributed by atoms with Gasteiger partial charge in [-0.3, -0.25) is 9.59 Å². The minimum Gasteiger partial charge on any atom is -0.465 e. The third-order valence-corrected chi connectivity index (χ3v) is 7.08. The average molecular weight is 366 g/mol. The van der Waals surface area contributed by atoms with Gasteiger partial charge in [0.15, 0.2) is 0 Å². The van der Waals surface area contributed by atoms with Crippen molar-refractivity contribution >= 4 is 11.9 Å². The molecule has 7 nitrogen and oxygen atoms in total. The first-order chi connectivity index (χ1) is 12.2. The molecule has 1 N–H and O–H groups in total. The molecule has 4 rings (SSSR count). The predicted octanol–water partition coefficient (Wildman–Crippen LogP) is 1.12. The SMILES string of the molecule is CC(=O)OC[C@@]12CCC(C)=CC1OC1C(O)[C@@H](OC(C)=O)C2(C)C12CO2. The largest absolute Gasteiger partial charge is 0.465 e. The molecule has 144 valence electrons. The molecule has 0 amide bonds. The van der Waals surface area contributed by atoms with Crippen LogP contribution in [-0.2, 0) is 28.5 Å². The standard InChI is InChI=1S/C19H26O7/c1-10-5-6-18(8-23-11(2)20)13(7-10)26-16-14(22)15(25-12(3)21)17(18,4)19(16)9-24-19/h7,13-16,22H,5-6,8-9H2,1-4H3/t13?,14?,15-,16?,17?,18+,19?/m1/s1. The highest BCUT2D eigenvalue weighted by Crippen LogP contribution is 2.72. The van der Waals surface area contributed by atoms with Crippen LogP contribution < -0.4 is 0 Å². The van der Waals surface area contributed by atoms with Gasteiger partial charge >= 0.3 is 11.9 Å². The van der Waals surface area contributed by atoms with E-state index in [0.29, 0.717) is 13.0 Å². The van der Waals surface area contributed by atoms with Crippen molar-refractivity contribution in [1.29, 1.82) is 0 Å². The molecule has 0 aromatic carbocycles. The summed E-state index contributed by atoms with van der Waals surface area (Å²) in [4.78, 5) is 23.4. The lowest BCUT2D eigenvalue weighted by Crippen LogP contribution is -2.66. The van der Waals surface area contributed by atoms with E-state index >= 15 is 0 Å². The second kappa shape index (κ2) is 5.53. The van der Waals surface area contributed by atoms with E-state index in [-0.39, 0.29) is 18.7 Å². The van der Waals surface area contributed by atoms with Gasteiger partial charge in [0.25, 0.3) is 0 Å². The fraction of sp³-hybridized carbons (Fsp3) is 0.789. The molecular formula is C19H26O7. The molecule has 0 aromatic rings. The normalized spacial score (nSPS) is 48.6. The number of aliphatic hydroxyl groups excluding tert-OH is 1. The summed E-state index contributed by atoms with van der Waals surface area (Å²) in [6.45, 7) is 7.31. The van der Waals surface area contributed by atoms with E-state index in [2.05, 4.69) is 6.08 Å². The van der Waals surface area contributed by atoms with Gasteiger partial charge in [-0.05, 0) is 19.8 Å². The Bertz CT molecular complexity index is 681. The van der Waals surface area contributed by atoms with Crippen molar-refractivity contribution < 1.29 is 33.6 Å². The topological polar surface area (TPSA) is 94.6 Å². The molecule has 0 aromatic heterocycles. The Morgan fingerprint density at radius 1 is 1.35 bits per heavy atom. The molecule has 26 heavy (non-hydrogen) atoms. The first-order valence-electron chi connectivity index (χ1n) is 9.13. The van der Waals surface area contributed by atoms with Crippen LogP contribution in [0.5, 0.6) is 0 Å². The Morgan fingerprint density at radius 3 is 2.62 bits per heavy atom. The van der Waals surface area contributed by atoms with Gasteiger partial charge in [0.2, 0.25) is 0 Å². The van der Waals surface area contributed by atoms with Crippen LogP contribution in [0.25, 0.3) is 0 Å². The second-order valence-electron chi connectivity index (χ2n) is 8.33. The van der Waals surface area contributed by atoms with Gasteiger partial charge in [-0.25, -0.2) is 0 Å². The molecule has 7 atom stereocenters. The summed E-state index contributed by atoms with van der Waals surface area (Å²) < 4.78 is 23.3. The van der Waals surface area contributed by atoms with E-state index in [1.54, 1.807) is 0 Å². The molecule has 3 fully saturated rings. The maximum Gasteiger partial charge on any atom is 0.303 e. The van der Waals surface area contributed by atoms with Crippen molar-refractivity contribution in [3.05, 3.63) is 11.6 Å². The summed E-state index contributed by atoms with van der Waals surface area (Å²) in [6, 6.07) is 0. The van der Waals surface area contributed by atoms with E-state index in [4.69, 9.17) is 18.9 Å². The number of allylic oxidation sites excluding steroid dienone is 1. The Kier molecular flexibility index (Phi) is 3.82. The monoisotopic (exact) mass is 366 g/mol. The minimum atomic E-state index is -0.986. The number of hydrogen-bond acceptors (Lipinski definition) is 7. The number of carbonyl (C=O) groups is 2. The fourth-order valence-corrected chi connectivity index (χ4v) is 5.60. The number of fused-ring (bicyclic) bond motifs is 2. The molecule has 0 radical (unpaired) electrons. The molecular weight excluding hydrogens is 340 g/mol. The van der Waals surface area contributed by atoms with Gasteiger partial charge in [-0.1, -0.05) is 18.6 Å². The van der Waals surface area contributed by atoms with Crippen LogP contribution in [-0.4, -0.2) is 60.3 Å². The zero-order valence-corrected chi connectivity index (χ0v) is 15.6. The minimum absolute atomic E-state index is 0.135. The van der Waals surface area contributed by atoms with E-state index in [0.717, 1.165) is 6.42 Å². The number of epoxide rings is 1. The number of esters is 2. The van der Waals surface area contributed by atoms with Gasteiger partial charge < -0.3 is 24.1 Å². The maximum atomic E-state index is 11.8. The Hall–Kier alpha value is -1.44. The van der Waals surface area contributed by atoms with Crippen molar-refractivity contribution in [3.8, 4) is 0 Å². The van der Waals surface area contributed by atoms with E-state index in [9.17, 15) is 14.7 Å². The summed E-state index contributed by atoms with van der Waals surface area (Å²) in [5, 5.41) is 10.9. The van der Waals surface area contributed by atoms with E-state index < -0.39 is 40.7 Å². The van der Waals surface area contributed by atoms with Crippen LogP contribution in [0.1, 0.15) is 40.5 Å². The summed E-state index contributed by atoms with van der Waals surface area (Å²) in [6.07, 6.45) is 0.896. The molecule has 7 heteroatoms. The molecule has 2 bridgehead atoms. The number of aliphatic hydroxyl groups is 1. The van der Waals surface area contributed by atoms with Gasteiger partial charge in [0.05, 0.1) is 18.1 Å².